The van der Waals surface area contributed by atoms with Crippen LogP contribution < -0.4 is 9.64 Å². The number of halogens is 3. The van der Waals surface area contributed by atoms with Crippen molar-refractivity contribution < 1.29 is 27.8 Å². The average molecular weight is 624 g/mol. The average Bonchev–Trinajstić information content (AvgIpc) is 3.32. The first-order valence-corrected chi connectivity index (χ1v) is 14.3. The maximum Gasteiger partial charge on any atom is 0.318 e. The van der Waals surface area contributed by atoms with Crippen molar-refractivity contribution in [1.82, 2.24) is 29.8 Å². The molecule has 7 rings (SSSR count). The number of terminal acetylenes is 1. The van der Waals surface area contributed by atoms with E-state index in [-0.39, 0.29) is 62.6 Å². The van der Waals surface area contributed by atoms with E-state index in [4.69, 9.17) is 11.2 Å². The van der Waals surface area contributed by atoms with Gasteiger partial charge in [0.05, 0.1) is 42.0 Å². The Bertz CT molecular complexity index is 2110. The Morgan fingerprint density at radius 1 is 1.11 bits per heavy atom. The molecule has 1 amide bonds. The number of fused-ring (bicyclic) bond motifs is 4. The number of phenolic OH excluding ortho intramolecular Hbond substituents is 1. The lowest BCUT2D eigenvalue weighted by molar-refractivity contribution is -0.131. The lowest BCUT2D eigenvalue weighted by atomic mass is 9.96. The van der Waals surface area contributed by atoms with Gasteiger partial charge in [0.1, 0.15) is 28.6 Å². The quantitative estimate of drug-likeness (QED) is 0.218. The summed E-state index contributed by atoms with van der Waals surface area (Å²) in [7, 11) is 1.35. The summed E-state index contributed by atoms with van der Waals surface area (Å²) in [6, 6.07) is 4.50. The van der Waals surface area contributed by atoms with Gasteiger partial charge in [-0.05, 0) is 36.4 Å². The fourth-order valence-corrected chi connectivity index (χ4v) is 6.40. The molecule has 46 heavy (non-hydrogen) atoms. The van der Waals surface area contributed by atoms with Crippen molar-refractivity contribution in [2.24, 2.45) is 0 Å². The van der Waals surface area contributed by atoms with Crippen LogP contribution in [0.25, 0.3) is 39.0 Å². The third-order valence-corrected chi connectivity index (χ3v) is 8.36. The van der Waals surface area contributed by atoms with Crippen molar-refractivity contribution >= 4 is 39.5 Å². The molecule has 0 spiro atoms. The van der Waals surface area contributed by atoms with Crippen LogP contribution >= 0.6 is 0 Å². The third-order valence-electron chi connectivity index (χ3n) is 8.36. The van der Waals surface area contributed by atoms with E-state index in [1.165, 1.54) is 56.2 Å². The van der Waals surface area contributed by atoms with Crippen molar-refractivity contribution in [2.75, 3.05) is 25.1 Å². The molecule has 0 saturated carbocycles. The Balaban J connectivity index is 1.28. The maximum atomic E-state index is 16.5. The maximum absolute atomic E-state index is 16.5. The van der Waals surface area contributed by atoms with Gasteiger partial charge < -0.3 is 19.6 Å². The molecule has 2 aliphatic heterocycles. The molecular formula is C33H24F3N7O3. The number of carbonyl (C=O) groups is 1. The molecule has 0 radical (unpaired) electrons. The predicted molar refractivity (Wildman–Crippen MR) is 163 cm³/mol. The zero-order valence-corrected chi connectivity index (χ0v) is 24.3. The van der Waals surface area contributed by atoms with Gasteiger partial charge in [0.25, 0.3) is 5.91 Å². The van der Waals surface area contributed by atoms with E-state index < -0.39 is 23.4 Å². The molecule has 0 aliphatic carbocycles. The fourth-order valence-electron chi connectivity index (χ4n) is 6.40. The molecule has 2 aliphatic rings. The van der Waals surface area contributed by atoms with Gasteiger partial charge in [0, 0.05) is 48.7 Å². The number of rotatable bonds is 5. The van der Waals surface area contributed by atoms with Crippen molar-refractivity contribution in [2.45, 2.75) is 24.9 Å². The van der Waals surface area contributed by atoms with Crippen molar-refractivity contribution in [3.63, 3.8) is 0 Å². The molecule has 13 heteroatoms. The number of hydrogen-bond acceptors (Lipinski definition) is 9. The van der Waals surface area contributed by atoms with E-state index in [9.17, 15) is 14.3 Å². The minimum atomic E-state index is -0.939. The minimum Gasteiger partial charge on any atom is -0.508 e. The summed E-state index contributed by atoms with van der Waals surface area (Å²) in [5, 5.41) is 11.3. The summed E-state index contributed by atoms with van der Waals surface area (Å²) in [6.07, 6.45) is 13.6. The highest BCUT2D eigenvalue weighted by Crippen LogP contribution is 2.40. The fraction of sp³-hybridized carbons (Fsp3) is 0.212. The summed E-state index contributed by atoms with van der Waals surface area (Å²) in [5.74, 6) is -0.745. The number of phenols is 1. The van der Waals surface area contributed by atoms with Gasteiger partial charge in [-0.15, -0.1) is 6.42 Å². The Morgan fingerprint density at radius 3 is 2.59 bits per heavy atom. The molecule has 5 aromatic rings. The monoisotopic (exact) mass is 623 g/mol. The second-order valence-electron chi connectivity index (χ2n) is 11.0. The van der Waals surface area contributed by atoms with E-state index in [1.807, 2.05) is 4.90 Å². The summed E-state index contributed by atoms with van der Waals surface area (Å²) in [6.45, 7) is 0.586. The summed E-state index contributed by atoms with van der Waals surface area (Å²) >= 11 is 0. The molecule has 2 saturated heterocycles. The van der Waals surface area contributed by atoms with Crippen LogP contribution in [0, 0.1) is 24.0 Å². The minimum absolute atomic E-state index is 0.0858. The second kappa shape index (κ2) is 11.3. The summed E-state index contributed by atoms with van der Waals surface area (Å²) in [5.41, 5.74) is -0.107. The molecule has 2 fully saturated rings. The molecule has 3 aromatic heterocycles. The lowest BCUT2D eigenvalue weighted by Gasteiger charge is -2.41. The first-order valence-electron chi connectivity index (χ1n) is 14.3. The Kier molecular flexibility index (Phi) is 7.12. The highest BCUT2D eigenvalue weighted by Gasteiger charge is 2.44. The molecule has 1 N–H and O–H groups in total. The Morgan fingerprint density at radius 2 is 1.89 bits per heavy atom. The number of carbonyl (C=O) groups excluding carboxylic acids is 1. The number of aromatic nitrogens is 5. The smallest absolute Gasteiger partial charge is 0.318 e. The number of methoxy groups -OCH3 is 1. The van der Waals surface area contributed by atoms with Crippen molar-refractivity contribution in [1.29, 1.82) is 0 Å². The summed E-state index contributed by atoms with van der Waals surface area (Å²) < 4.78 is 51.5. The van der Waals surface area contributed by atoms with Crippen LogP contribution in [0.4, 0.5) is 19.0 Å². The number of ether oxygens (including phenoxy) is 1. The Hall–Kier alpha value is -5.77. The number of amides is 1. The first kappa shape index (κ1) is 29.0. The first-order chi connectivity index (χ1) is 22.3. The molecule has 2 atom stereocenters. The number of piperazine rings is 1. The van der Waals surface area contributed by atoms with Crippen molar-refractivity contribution in [3.05, 3.63) is 77.8 Å². The van der Waals surface area contributed by atoms with Crippen LogP contribution in [0.15, 0.2) is 54.9 Å². The van der Waals surface area contributed by atoms with Crippen LogP contribution in [-0.2, 0) is 4.79 Å². The van der Waals surface area contributed by atoms with Crippen molar-refractivity contribution in [3.8, 4) is 35.4 Å². The number of benzene rings is 2. The van der Waals surface area contributed by atoms with Crippen LogP contribution in [0.5, 0.6) is 11.8 Å². The number of anilines is 1. The predicted octanol–water partition coefficient (Wildman–Crippen LogP) is 4.80. The molecule has 2 aromatic carbocycles. The van der Waals surface area contributed by atoms with Gasteiger partial charge >= 0.3 is 6.01 Å². The standard InChI is InChI=1S/C33H24F3N7O3/c1-3-22-25(34)7-4-17-10-21(44)12-23(27(17)22)29-28(36)30-24(14-39-29)31(41-33(40-30)46-2)42-15-19-5-6-20(16-42)43(19)32(45)26(35)11-18-13-37-8-9-38-18/h1,4,7-14,19-20,44H,5-6,15-16H2,2H3/b26-11-. The molecule has 5 heterocycles. The van der Waals surface area contributed by atoms with Crippen LogP contribution in [-0.4, -0.2) is 73.1 Å². The zero-order chi connectivity index (χ0) is 32.1. The van der Waals surface area contributed by atoms with Crippen LogP contribution in [0.3, 0.4) is 0 Å². The van der Waals surface area contributed by atoms with Crippen LogP contribution in [0.1, 0.15) is 24.1 Å². The topological polar surface area (TPSA) is 117 Å². The third kappa shape index (κ3) is 4.79. The van der Waals surface area contributed by atoms with E-state index in [0.717, 1.165) is 6.08 Å². The lowest BCUT2D eigenvalue weighted by Crippen LogP contribution is -2.56. The molecular weight excluding hydrogens is 599 g/mol. The second-order valence-corrected chi connectivity index (χ2v) is 11.0. The highest BCUT2D eigenvalue weighted by atomic mass is 19.1. The molecule has 230 valence electrons. The molecule has 2 bridgehead atoms. The number of hydrogen-bond donors (Lipinski definition) is 1. The van der Waals surface area contributed by atoms with Gasteiger partial charge in [-0.1, -0.05) is 12.0 Å². The highest BCUT2D eigenvalue weighted by molar-refractivity contribution is 6.03. The number of nitrogens with zero attached hydrogens (tertiary/aromatic N) is 7. The van der Waals surface area contributed by atoms with Gasteiger partial charge in [0.15, 0.2) is 11.6 Å². The molecule has 10 nitrogen and oxygen atoms in total. The normalized spacial score (nSPS) is 17.8. The van der Waals surface area contributed by atoms with Crippen LogP contribution in [0.2, 0.25) is 0 Å². The number of pyridine rings is 1. The van der Waals surface area contributed by atoms with Gasteiger partial charge in [-0.25, -0.2) is 13.2 Å². The zero-order valence-electron chi connectivity index (χ0n) is 24.3. The van der Waals surface area contributed by atoms with E-state index in [1.54, 1.807) is 4.90 Å². The van der Waals surface area contributed by atoms with Gasteiger partial charge in [0.2, 0.25) is 0 Å². The van der Waals surface area contributed by atoms with E-state index >= 15 is 8.78 Å². The Labute approximate surface area is 260 Å². The SMILES string of the molecule is C#Cc1c(F)ccc2cc(O)cc(-c3ncc4c(N5CC6CCC(C5)N6C(=O)/C(F)=C/c5cnccn5)nc(OC)nc4c3F)c12. The molecule has 2 unspecified atom stereocenters. The largest absolute Gasteiger partial charge is 0.508 e. The number of aromatic hydroxyl groups is 1. The van der Waals surface area contributed by atoms with E-state index in [0.29, 0.717) is 37.1 Å². The van der Waals surface area contributed by atoms with Gasteiger partial charge in [-0.2, -0.15) is 9.97 Å². The van der Waals surface area contributed by atoms with E-state index in [2.05, 4.69) is 30.8 Å². The summed E-state index contributed by atoms with van der Waals surface area (Å²) in [4.78, 5) is 37.7. The van der Waals surface area contributed by atoms with Gasteiger partial charge in [-0.3, -0.25) is 19.7 Å².